The summed E-state index contributed by atoms with van der Waals surface area (Å²) in [5.74, 6) is -0.0255. The Morgan fingerprint density at radius 3 is 2.32 bits per heavy atom. The molecule has 0 fully saturated rings. The van der Waals surface area contributed by atoms with Crippen molar-refractivity contribution < 1.29 is 9.59 Å². The molecule has 19 heavy (non-hydrogen) atoms. The van der Waals surface area contributed by atoms with Gasteiger partial charge in [0, 0.05) is 19.0 Å². The summed E-state index contributed by atoms with van der Waals surface area (Å²) >= 11 is 0. The van der Waals surface area contributed by atoms with Crippen LogP contribution in [0.5, 0.6) is 0 Å². The third-order valence-electron chi connectivity index (χ3n) is 2.86. The van der Waals surface area contributed by atoms with Crippen LogP contribution in [0.4, 0.5) is 0 Å². The first-order valence-corrected chi connectivity index (χ1v) is 7.28. The number of nitrogens with two attached hydrogens (primary N) is 1. The first-order chi connectivity index (χ1) is 9.01. The second kappa shape index (κ2) is 10.8. The van der Waals surface area contributed by atoms with Crippen molar-refractivity contribution in [1.29, 1.82) is 0 Å². The van der Waals surface area contributed by atoms with E-state index in [0.717, 1.165) is 25.7 Å². The third-order valence-corrected chi connectivity index (χ3v) is 2.86. The Bertz CT molecular complexity index is 267. The van der Waals surface area contributed by atoms with Crippen molar-refractivity contribution in [2.75, 3.05) is 19.6 Å². The lowest BCUT2D eigenvalue weighted by Gasteiger charge is -2.21. The molecule has 0 saturated heterocycles. The molecule has 5 nitrogen and oxygen atoms in total. The molecule has 0 rings (SSSR count). The molecule has 0 atom stereocenters. The van der Waals surface area contributed by atoms with Gasteiger partial charge in [-0.05, 0) is 40.2 Å². The minimum absolute atomic E-state index is 0.0640. The monoisotopic (exact) mass is 271 g/mol. The Morgan fingerprint density at radius 1 is 1.16 bits per heavy atom. The zero-order chi connectivity index (χ0) is 14.7. The van der Waals surface area contributed by atoms with Gasteiger partial charge in [0.05, 0.1) is 6.54 Å². The number of unbranched alkanes of at least 4 members (excludes halogenated alkanes) is 3. The molecule has 0 spiro atoms. The first kappa shape index (κ1) is 17.9. The van der Waals surface area contributed by atoms with E-state index in [4.69, 9.17) is 5.73 Å². The average Bonchev–Trinajstić information content (AvgIpc) is 2.34. The van der Waals surface area contributed by atoms with E-state index in [-0.39, 0.29) is 24.4 Å². The number of carbonyl (C=O) groups is 2. The molecule has 0 bridgehead atoms. The number of nitrogens with one attached hydrogen (secondary N) is 1. The number of amides is 2. The van der Waals surface area contributed by atoms with Crippen LogP contribution >= 0.6 is 0 Å². The summed E-state index contributed by atoms with van der Waals surface area (Å²) in [5, 5.41) is 2.80. The van der Waals surface area contributed by atoms with Gasteiger partial charge in [-0.2, -0.15) is 0 Å². The third kappa shape index (κ3) is 9.47. The van der Waals surface area contributed by atoms with Crippen LogP contribution in [0.3, 0.4) is 0 Å². The SMILES string of the molecule is CCN(CC(=O)NC(C)C)C(=O)CCCCCCN. The van der Waals surface area contributed by atoms with Crippen LogP contribution in [0.2, 0.25) is 0 Å². The van der Waals surface area contributed by atoms with Crippen molar-refractivity contribution in [2.45, 2.75) is 58.9 Å². The van der Waals surface area contributed by atoms with Crippen LogP contribution in [0, 0.1) is 0 Å². The van der Waals surface area contributed by atoms with Gasteiger partial charge in [-0.1, -0.05) is 12.8 Å². The van der Waals surface area contributed by atoms with Gasteiger partial charge in [0.25, 0.3) is 0 Å². The van der Waals surface area contributed by atoms with Gasteiger partial charge in [-0.25, -0.2) is 0 Å². The predicted molar refractivity (Wildman–Crippen MR) is 77.7 cm³/mol. The van der Waals surface area contributed by atoms with Crippen molar-refractivity contribution in [3.63, 3.8) is 0 Å². The molecule has 0 aromatic carbocycles. The molecule has 5 heteroatoms. The average molecular weight is 271 g/mol. The molecule has 0 saturated carbocycles. The van der Waals surface area contributed by atoms with Crippen molar-refractivity contribution in [3.8, 4) is 0 Å². The molecule has 0 unspecified atom stereocenters. The van der Waals surface area contributed by atoms with Crippen LogP contribution < -0.4 is 11.1 Å². The second-order valence-electron chi connectivity index (χ2n) is 5.08. The molecule has 0 aliphatic heterocycles. The maximum Gasteiger partial charge on any atom is 0.239 e. The standard InChI is InChI=1S/C14H29N3O2/c1-4-17(11-13(18)16-12(2)3)14(19)9-7-5-6-8-10-15/h12H,4-11,15H2,1-3H3,(H,16,18). The molecular formula is C14H29N3O2. The van der Waals surface area contributed by atoms with Gasteiger partial charge in [0.2, 0.25) is 11.8 Å². The van der Waals surface area contributed by atoms with E-state index in [9.17, 15) is 9.59 Å². The van der Waals surface area contributed by atoms with Crippen molar-refractivity contribution in [2.24, 2.45) is 5.73 Å². The molecule has 112 valence electrons. The number of rotatable bonds is 10. The van der Waals surface area contributed by atoms with E-state index >= 15 is 0 Å². The number of likely N-dealkylation sites (N-methyl/N-ethyl adjacent to an activating group) is 1. The zero-order valence-electron chi connectivity index (χ0n) is 12.6. The van der Waals surface area contributed by atoms with Gasteiger partial charge >= 0.3 is 0 Å². The fraction of sp³-hybridized carbons (Fsp3) is 0.857. The highest BCUT2D eigenvalue weighted by molar-refractivity contribution is 5.84. The Kier molecular flexibility index (Phi) is 10.2. The summed E-state index contributed by atoms with van der Waals surface area (Å²) in [4.78, 5) is 25.2. The van der Waals surface area contributed by atoms with E-state index in [1.54, 1.807) is 4.90 Å². The predicted octanol–water partition coefficient (Wildman–Crippen LogP) is 1.27. The highest BCUT2D eigenvalue weighted by Gasteiger charge is 2.15. The highest BCUT2D eigenvalue weighted by atomic mass is 16.2. The number of hydrogen-bond acceptors (Lipinski definition) is 3. The molecule has 2 amide bonds. The summed E-state index contributed by atoms with van der Waals surface area (Å²) in [6, 6.07) is 0.109. The minimum Gasteiger partial charge on any atom is -0.352 e. The fourth-order valence-corrected chi connectivity index (χ4v) is 1.85. The van der Waals surface area contributed by atoms with Crippen molar-refractivity contribution >= 4 is 11.8 Å². The number of carbonyl (C=O) groups excluding carboxylic acids is 2. The number of hydrogen-bond donors (Lipinski definition) is 2. The van der Waals surface area contributed by atoms with Gasteiger partial charge in [-0.15, -0.1) is 0 Å². The Hall–Kier alpha value is -1.10. The summed E-state index contributed by atoms with van der Waals surface area (Å²) in [5.41, 5.74) is 5.42. The van der Waals surface area contributed by atoms with E-state index in [2.05, 4.69) is 5.32 Å². The summed E-state index contributed by atoms with van der Waals surface area (Å²) in [7, 11) is 0. The lowest BCUT2D eigenvalue weighted by Crippen LogP contribution is -2.42. The van der Waals surface area contributed by atoms with E-state index in [1.807, 2.05) is 20.8 Å². The Labute approximate surface area is 116 Å². The topological polar surface area (TPSA) is 75.4 Å². The van der Waals surface area contributed by atoms with Crippen LogP contribution in [-0.2, 0) is 9.59 Å². The Morgan fingerprint density at radius 2 is 1.79 bits per heavy atom. The van der Waals surface area contributed by atoms with Gasteiger partial charge in [0.15, 0.2) is 0 Å². The quantitative estimate of drug-likeness (QED) is 0.588. The van der Waals surface area contributed by atoms with E-state index < -0.39 is 0 Å². The minimum atomic E-state index is -0.0895. The molecule has 0 radical (unpaired) electrons. The van der Waals surface area contributed by atoms with E-state index in [0.29, 0.717) is 19.5 Å². The Balaban J connectivity index is 3.93. The molecule has 0 aliphatic rings. The lowest BCUT2D eigenvalue weighted by molar-refractivity contribution is -0.136. The van der Waals surface area contributed by atoms with E-state index in [1.165, 1.54) is 0 Å². The molecule has 3 N–H and O–H groups in total. The first-order valence-electron chi connectivity index (χ1n) is 7.28. The largest absolute Gasteiger partial charge is 0.352 e. The summed E-state index contributed by atoms with van der Waals surface area (Å²) in [6.07, 6.45) is 4.51. The van der Waals surface area contributed by atoms with Gasteiger partial charge < -0.3 is 16.0 Å². The van der Waals surface area contributed by atoms with Crippen molar-refractivity contribution in [1.82, 2.24) is 10.2 Å². The lowest BCUT2D eigenvalue weighted by atomic mass is 10.1. The molecular weight excluding hydrogens is 242 g/mol. The summed E-state index contributed by atoms with van der Waals surface area (Å²) < 4.78 is 0. The molecule has 0 aromatic rings. The number of nitrogens with zero attached hydrogens (tertiary/aromatic N) is 1. The molecule has 0 aliphatic carbocycles. The molecule has 0 heterocycles. The fourth-order valence-electron chi connectivity index (χ4n) is 1.85. The van der Waals surface area contributed by atoms with Crippen LogP contribution in [0.25, 0.3) is 0 Å². The summed E-state index contributed by atoms with van der Waals surface area (Å²) in [6.45, 7) is 7.17. The van der Waals surface area contributed by atoms with Crippen LogP contribution in [0.1, 0.15) is 52.9 Å². The maximum absolute atomic E-state index is 11.9. The maximum atomic E-state index is 11.9. The van der Waals surface area contributed by atoms with Crippen LogP contribution in [0.15, 0.2) is 0 Å². The zero-order valence-corrected chi connectivity index (χ0v) is 12.6. The molecule has 0 aromatic heterocycles. The van der Waals surface area contributed by atoms with Gasteiger partial charge in [0.1, 0.15) is 0 Å². The second-order valence-corrected chi connectivity index (χ2v) is 5.08. The van der Waals surface area contributed by atoms with Crippen molar-refractivity contribution in [3.05, 3.63) is 0 Å². The van der Waals surface area contributed by atoms with Crippen LogP contribution in [-0.4, -0.2) is 42.4 Å². The normalized spacial score (nSPS) is 10.6. The smallest absolute Gasteiger partial charge is 0.239 e. The van der Waals surface area contributed by atoms with Gasteiger partial charge in [-0.3, -0.25) is 9.59 Å². The highest BCUT2D eigenvalue weighted by Crippen LogP contribution is 2.05.